The van der Waals surface area contributed by atoms with Crippen LogP contribution in [0, 0.1) is 0 Å². The summed E-state index contributed by atoms with van der Waals surface area (Å²) in [5.41, 5.74) is 0. The van der Waals surface area contributed by atoms with E-state index in [4.69, 9.17) is 8.85 Å². The van der Waals surface area contributed by atoms with Crippen LogP contribution >= 0.6 is 0 Å². The highest BCUT2D eigenvalue weighted by molar-refractivity contribution is 6.51. The molecule has 0 amide bonds. The van der Waals surface area contributed by atoms with Gasteiger partial charge in [-0.3, -0.25) is 0 Å². The number of rotatable bonds is 26. The first-order valence-corrected chi connectivity index (χ1v) is 20.5. The van der Waals surface area contributed by atoms with E-state index >= 15 is 0 Å². The first-order valence-electron chi connectivity index (χ1n) is 16.9. The van der Waals surface area contributed by atoms with Gasteiger partial charge in [0.05, 0.1) is 0 Å². The fourth-order valence-electron chi connectivity index (χ4n) is 4.17. The summed E-state index contributed by atoms with van der Waals surface area (Å²) in [6.45, 7) is 17.5. The Kier molecular flexibility index (Phi) is 48.2. The predicted molar refractivity (Wildman–Crippen MR) is 174 cm³/mol. The monoisotopic (exact) mass is 547 g/mol. The van der Waals surface area contributed by atoms with Crippen LogP contribution in [0.15, 0.2) is 0 Å². The first-order chi connectivity index (χ1) is 17.7. The summed E-state index contributed by atoms with van der Waals surface area (Å²) >= 11 is 0. The van der Waals surface area contributed by atoms with Gasteiger partial charge in [-0.1, -0.05) is 164 Å². The molecule has 0 saturated heterocycles. The van der Waals surface area contributed by atoms with Crippen molar-refractivity contribution in [2.75, 3.05) is 13.2 Å². The quantitative estimate of drug-likeness (QED) is 0.0793. The number of hydrogen-bond acceptors (Lipinski definition) is 2. The Bertz CT molecular complexity index is 303. The first kappa shape index (κ1) is 40.8. The van der Waals surface area contributed by atoms with Crippen molar-refractivity contribution in [1.29, 1.82) is 0 Å². The third-order valence-corrected chi connectivity index (χ3v) is 10.1. The Morgan fingerprint density at radius 2 is 0.750 bits per heavy atom. The lowest BCUT2D eigenvalue weighted by molar-refractivity contribution is 0.319. The fourth-order valence-corrected chi connectivity index (χ4v) is 6.57. The lowest BCUT2D eigenvalue weighted by Gasteiger charge is -2.10. The van der Waals surface area contributed by atoms with Crippen LogP contribution < -0.4 is 0 Å². The minimum Gasteiger partial charge on any atom is -0.424 e. The fraction of sp³-hybridized carbons (Fsp3) is 1.00. The van der Waals surface area contributed by atoms with Crippen molar-refractivity contribution in [3.8, 4) is 0 Å². The van der Waals surface area contributed by atoms with Crippen LogP contribution in [0.3, 0.4) is 0 Å². The summed E-state index contributed by atoms with van der Waals surface area (Å²) < 4.78 is 10.9. The lowest BCUT2D eigenvalue weighted by atomic mass is 10.0. The van der Waals surface area contributed by atoms with Gasteiger partial charge in [0, 0.05) is 13.2 Å². The standard InChI is InChI=1S/C20H42.C7H18OSi.C5H14OSi/c1-3-5-7-9-11-13-15-17-19-20-18-16-14-12-10-8-6-4-2;1-4-7-8-9(5-2)6-3;1-3-5-6-7-4-2/h3-20H2,1-2H3;9H,4-7H2,1-3H3;3-5,7H2,1-2H3. The minimum atomic E-state index is -0.710. The Morgan fingerprint density at radius 1 is 0.417 bits per heavy atom. The van der Waals surface area contributed by atoms with Gasteiger partial charge in [0.2, 0.25) is 0 Å². The summed E-state index contributed by atoms with van der Waals surface area (Å²) in [5.74, 6) is 0. The Morgan fingerprint density at radius 3 is 1.00 bits per heavy atom. The summed E-state index contributed by atoms with van der Waals surface area (Å²) in [4.78, 5) is 0. The molecule has 0 aromatic rings. The SMILES string of the molecule is CCCCCCCCCCCCCCCCCCCC.CCCO[SiH2]CC.CCCO[SiH](CC)CC. The third-order valence-electron chi connectivity index (χ3n) is 6.62. The van der Waals surface area contributed by atoms with Crippen LogP contribution in [0.2, 0.25) is 18.1 Å². The van der Waals surface area contributed by atoms with E-state index in [-0.39, 0.29) is 9.76 Å². The van der Waals surface area contributed by atoms with Gasteiger partial charge >= 0.3 is 0 Å². The highest BCUT2D eigenvalue weighted by atomic mass is 28.3. The topological polar surface area (TPSA) is 18.5 Å². The summed E-state index contributed by atoms with van der Waals surface area (Å²) in [6, 6.07) is 3.85. The Labute approximate surface area is 235 Å². The molecule has 0 aliphatic rings. The molecule has 0 bridgehead atoms. The molecule has 0 saturated carbocycles. The molecule has 0 fully saturated rings. The molecule has 2 nitrogen and oxygen atoms in total. The maximum atomic E-state index is 5.63. The predicted octanol–water partition coefficient (Wildman–Crippen LogP) is 11.2. The van der Waals surface area contributed by atoms with E-state index < -0.39 is 9.04 Å². The van der Waals surface area contributed by atoms with Crippen LogP contribution in [-0.4, -0.2) is 32.0 Å². The van der Waals surface area contributed by atoms with Crippen molar-refractivity contribution in [2.24, 2.45) is 0 Å². The van der Waals surface area contributed by atoms with Crippen molar-refractivity contribution in [3.05, 3.63) is 0 Å². The van der Waals surface area contributed by atoms with E-state index in [0.29, 0.717) is 0 Å². The smallest absolute Gasteiger partial charge is 0.176 e. The van der Waals surface area contributed by atoms with E-state index in [2.05, 4.69) is 48.5 Å². The van der Waals surface area contributed by atoms with Crippen molar-refractivity contribution in [1.82, 2.24) is 0 Å². The second-order valence-corrected chi connectivity index (χ2v) is 15.6. The molecule has 0 aromatic carbocycles. The van der Waals surface area contributed by atoms with Gasteiger partial charge in [-0.05, 0) is 31.0 Å². The molecule has 0 aromatic heterocycles. The van der Waals surface area contributed by atoms with Gasteiger partial charge in [0.1, 0.15) is 0 Å². The number of unbranched alkanes of at least 4 members (excludes halogenated alkanes) is 17. The van der Waals surface area contributed by atoms with Gasteiger partial charge in [-0.2, -0.15) is 0 Å². The van der Waals surface area contributed by atoms with Crippen molar-refractivity contribution in [2.45, 2.75) is 195 Å². The van der Waals surface area contributed by atoms with Crippen molar-refractivity contribution < 1.29 is 8.85 Å². The molecule has 4 heteroatoms. The van der Waals surface area contributed by atoms with Crippen molar-refractivity contribution in [3.63, 3.8) is 0 Å². The zero-order valence-electron chi connectivity index (χ0n) is 26.8. The maximum absolute atomic E-state index is 5.63. The van der Waals surface area contributed by atoms with Gasteiger partial charge < -0.3 is 8.85 Å². The molecular formula is C32H74O2Si2. The molecule has 0 radical (unpaired) electrons. The average molecular weight is 547 g/mol. The van der Waals surface area contributed by atoms with Crippen LogP contribution in [0.25, 0.3) is 0 Å². The molecule has 0 N–H and O–H groups in total. The number of hydrogen-bond donors (Lipinski definition) is 0. The molecular weight excluding hydrogens is 473 g/mol. The zero-order valence-corrected chi connectivity index (χ0v) is 29.3. The molecule has 0 rings (SSSR count). The molecule has 36 heavy (non-hydrogen) atoms. The molecule has 0 aliphatic carbocycles. The molecule has 0 unspecified atom stereocenters. The molecule has 0 aliphatic heterocycles. The zero-order chi connectivity index (χ0) is 27.4. The Hall–Kier alpha value is 0.354. The Balaban J connectivity index is -0.000000558. The third kappa shape index (κ3) is 44.4. The van der Waals surface area contributed by atoms with E-state index in [0.717, 1.165) is 13.2 Å². The second-order valence-electron chi connectivity index (χ2n) is 10.6. The molecule has 222 valence electrons. The minimum absolute atomic E-state index is 0.0893. The van der Waals surface area contributed by atoms with Gasteiger partial charge in [0.25, 0.3) is 0 Å². The van der Waals surface area contributed by atoms with E-state index in [1.807, 2.05) is 0 Å². The van der Waals surface area contributed by atoms with Gasteiger partial charge in [0.15, 0.2) is 18.8 Å². The van der Waals surface area contributed by atoms with Crippen LogP contribution in [0.4, 0.5) is 0 Å². The summed E-state index contributed by atoms with van der Waals surface area (Å²) in [7, 11) is -0.799. The largest absolute Gasteiger partial charge is 0.424 e. The van der Waals surface area contributed by atoms with Crippen LogP contribution in [0.5, 0.6) is 0 Å². The van der Waals surface area contributed by atoms with Crippen LogP contribution in [-0.2, 0) is 8.85 Å². The molecule has 0 atom stereocenters. The normalized spacial score (nSPS) is 11.0. The van der Waals surface area contributed by atoms with E-state index in [9.17, 15) is 0 Å². The van der Waals surface area contributed by atoms with Gasteiger partial charge in [-0.25, -0.2) is 0 Å². The van der Waals surface area contributed by atoms with Gasteiger partial charge in [-0.15, -0.1) is 0 Å². The highest BCUT2D eigenvalue weighted by Gasteiger charge is 2.03. The van der Waals surface area contributed by atoms with E-state index in [1.165, 1.54) is 147 Å². The average Bonchev–Trinajstić information content (AvgIpc) is 2.90. The second kappa shape index (κ2) is 42.4. The molecule has 0 heterocycles. The highest BCUT2D eigenvalue weighted by Crippen LogP contribution is 2.14. The maximum Gasteiger partial charge on any atom is 0.176 e. The van der Waals surface area contributed by atoms with E-state index in [1.54, 1.807) is 0 Å². The lowest BCUT2D eigenvalue weighted by Crippen LogP contribution is -2.15. The summed E-state index contributed by atoms with van der Waals surface area (Å²) in [5, 5.41) is 0. The summed E-state index contributed by atoms with van der Waals surface area (Å²) in [6.07, 6.45) is 28.8. The molecule has 0 spiro atoms. The van der Waals surface area contributed by atoms with Crippen LogP contribution in [0.1, 0.15) is 177 Å². The van der Waals surface area contributed by atoms with Crippen molar-refractivity contribution >= 4 is 18.8 Å².